The number of aryl methyl sites for hydroxylation is 2. The molecule has 2 aromatic rings. The summed E-state index contributed by atoms with van der Waals surface area (Å²) in [7, 11) is -0.0290. The molecule has 2 heterocycles. The Labute approximate surface area is 124 Å². The second kappa shape index (κ2) is 6.37. The van der Waals surface area contributed by atoms with Crippen LogP contribution >= 0.6 is 0 Å². The molecule has 0 aliphatic rings. The zero-order chi connectivity index (χ0) is 15.5. The third kappa shape index (κ3) is 3.69. The Kier molecular flexibility index (Phi) is 4.76. The Morgan fingerprint density at radius 3 is 2.81 bits per heavy atom. The topological polar surface area (TPSA) is 105 Å². The van der Waals surface area contributed by atoms with E-state index in [4.69, 9.17) is 0 Å². The molecule has 8 nitrogen and oxygen atoms in total. The molecule has 21 heavy (non-hydrogen) atoms. The van der Waals surface area contributed by atoms with E-state index in [1.54, 1.807) is 24.9 Å². The molecule has 0 saturated carbocycles. The van der Waals surface area contributed by atoms with Crippen LogP contribution in [0, 0.1) is 6.92 Å². The van der Waals surface area contributed by atoms with Gasteiger partial charge in [0, 0.05) is 37.6 Å². The van der Waals surface area contributed by atoms with Crippen LogP contribution in [0.4, 0.5) is 0 Å². The van der Waals surface area contributed by atoms with Crippen LogP contribution in [0.5, 0.6) is 0 Å². The summed E-state index contributed by atoms with van der Waals surface area (Å²) < 4.78 is 28.8. The zero-order valence-corrected chi connectivity index (χ0v) is 13.2. The fraction of sp³-hybridized carbons (Fsp3) is 0.500. The van der Waals surface area contributed by atoms with E-state index in [9.17, 15) is 8.42 Å². The van der Waals surface area contributed by atoms with Crippen molar-refractivity contribution in [2.24, 2.45) is 7.05 Å². The molecule has 2 aromatic heterocycles. The van der Waals surface area contributed by atoms with E-state index >= 15 is 0 Å². The maximum Gasteiger partial charge on any atom is 0.260 e. The molecular formula is C12H20N6O2S. The van der Waals surface area contributed by atoms with Gasteiger partial charge in [0.25, 0.3) is 10.0 Å². The van der Waals surface area contributed by atoms with Gasteiger partial charge in [0.1, 0.15) is 0 Å². The summed E-state index contributed by atoms with van der Waals surface area (Å²) >= 11 is 0. The minimum absolute atomic E-state index is 0.0561. The van der Waals surface area contributed by atoms with Crippen molar-refractivity contribution in [3.63, 3.8) is 0 Å². The predicted molar refractivity (Wildman–Crippen MR) is 78.2 cm³/mol. The molecule has 0 aromatic carbocycles. The van der Waals surface area contributed by atoms with E-state index in [1.165, 1.54) is 0 Å². The number of sulfonamides is 1. The first kappa shape index (κ1) is 15.7. The third-order valence-electron chi connectivity index (χ3n) is 3.11. The Morgan fingerprint density at radius 2 is 2.19 bits per heavy atom. The number of aromatic amines is 1. The van der Waals surface area contributed by atoms with E-state index in [-0.39, 0.29) is 5.03 Å². The maximum atomic E-state index is 12.3. The summed E-state index contributed by atoms with van der Waals surface area (Å²) in [6.07, 6.45) is 4.16. The van der Waals surface area contributed by atoms with Gasteiger partial charge in [0.2, 0.25) is 0 Å². The van der Waals surface area contributed by atoms with Gasteiger partial charge in [0.05, 0.1) is 6.20 Å². The number of H-pyrrole nitrogens is 1. The molecule has 0 atom stereocenters. The SMILES string of the molecule is CNCc1c(S(=O)(=O)NCCc2cnn(C)c2)n[nH]c1C. The minimum Gasteiger partial charge on any atom is -0.316 e. The summed E-state index contributed by atoms with van der Waals surface area (Å²) in [6.45, 7) is 2.55. The normalized spacial score (nSPS) is 12.0. The molecule has 0 aliphatic heterocycles. The molecule has 0 amide bonds. The monoisotopic (exact) mass is 312 g/mol. The second-order valence-electron chi connectivity index (χ2n) is 4.83. The summed E-state index contributed by atoms with van der Waals surface area (Å²) in [5, 5.41) is 13.7. The van der Waals surface area contributed by atoms with E-state index in [0.29, 0.717) is 25.1 Å². The van der Waals surface area contributed by atoms with Crippen molar-refractivity contribution in [1.82, 2.24) is 30.0 Å². The van der Waals surface area contributed by atoms with Crippen LogP contribution in [0.2, 0.25) is 0 Å². The number of nitrogens with zero attached hydrogens (tertiary/aromatic N) is 3. The molecule has 0 radical (unpaired) electrons. The van der Waals surface area contributed by atoms with Gasteiger partial charge in [-0.05, 0) is 26.0 Å². The first-order chi connectivity index (χ1) is 9.94. The smallest absolute Gasteiger partial charge is 0.260 e. The number of aromatic nitrogens is 4. The molecule has 2 rings (SSSR count). The Bertz CT molecular complexity index is 703. The van der Waals surface area contributed by atoms with Gasteiger partial charge in [-0.2, -0.15) is 10.2 Å². The highest BCUT2D eigenvalue weighted by Gasteiger charge is 2.22. The molecule has 9 heteroatoms. The first-order valence-corrected chi connectivity index (χ1v) is 8.08. The lowest BCUT2D eigenvalue weighted by atomic mass is 10.3. The quantitative estimate of drug-likeness (QED) is 0.650. The van der Waals surface area contributed by atoms with Crippen molar-refractivity contribution in [3.05, 3.63) is 29.2 Å². The standard InChI is InChI=1S/C12H20N6O2S/c1-9-11(7-13-2)12(17-16-9)21(19,20)15-5-4-10-6-14-18(3)8-10/h6,8,13,15H,4-5,7H2,1-3H3,(H,16,17). The maximum absolute atomic E-state index is 12.3. The molecule has 0 unspecified atom stereocenters. The highest BCUT2D eigenvalue weighted by molar-refractivity contribution is 7.89. The average molecular weight is 312 g/mol. The van der Waals surface area contributed by atoms with Crippen LogP contribution in [-0.2, 0) is 30.0 Å². The van der Waals surface area contributed by atoms with Crippen LogP contribution in [0.3, 0.4) is 0 Å². The fourth-order valence-corrected chi connectivity index (χ4v) is 3.26. The number of hydrogen-bond acceptors (Lipinski definition) is 5. The van der Waals surface area contributed by atoms with Crippen molar-refractivity contribution in [2.45, 2.75) is 24.9 Å². The largest absolute Gasteiger partial charge is 0.316 e. The van der Waals surface area contributed by atoms with Crippen LogP contribution in [-0.4, -0.2) is 42.0 Å². The molecule has 0 aliphatic carbocycles. The van der Waals surface area contributed by atoms with Gasteiger partial charge < -0.3 is 5.32 Å². The number of nitrogens with one attached hydrogen (secondary N) is 3. The lowest BCUT2D eigenvalue weighted by Gasteiger charge is -2.06. The Hall–Kier alpha value is -1.71. The Balaban J connectivity index is 2.04. The molecule has 3 N–H and O–H groups in total. The molecule has 116 valence electrons. The van der Waals surface area contributed by atoms with Gasteiger partial charge in [-0.1, -0.05) is 0 Å². The lowest BCUT2D eigenvalue weighted by molar-refractivity contribution is 0.575. The van der Waals surface area contributed by atoms with Crippen LogP contribution in [0.15, 0.2) is 17.4 Å². The van der Waals surface area contributed by atoms with E-state index in [0.717, 1.165) is 11.3 Å². The van der Waals surface area contributed by atoms with Crippen LogP contribution in [0.1, 0.15) is 16.8 Å². The van der Waals surface area contributed by atoms with Crippen molar-refractivity contribution in [3.8, 4) is 0 Å². The summed E-state index contributed by atoms with van der Waals surface area (Å²) in [5.74, 6) is 0. The molecule has 0 saturated heterocycles. The highest BCUT2D eigenvalue weighted by atomic mass is 32.2. The molecule has 0 spiro atoms. The van der Waals surface area contributed by atoms with E-state index in [2.05, 4.69) is 25.3 Å². The first-order valence-electron chi connectivity index (χ1n) is 6.59. The number of rotatable bonds is 7. The summed E-state index contributed by atoms with van der Waals surface area (Å²) in [4.78, 5) is 0. The highest BCUT2D eigenvalue weighted by Crippen LogP contribution is 2.15. The summed E-state index contributed by atoms with van der Waals surface area (Å²) in [5.41, 5.74) is 2.39. The van der Waals surface area contributed by atoms with Gasteiger partial charge in [-0.3, -0.25) is 9.78 Å². The van der Waals surface area contributed by atoms with Crippen LogP contribution < -0.4 is 10.0 Å². The van der Waals surface area contributed by atoms with Crippen molar-refractivity contribution < 1.29 is 8.42 Å². The van der Waals surface area contributed by atoms with Gasteiger partial charge in [-0.25, -0.2) is 13.1 Å². The van der Waals surface area contributed by atoms with Gasteiger partial charge >= 0.3 is 0 Å². The third-order valence-corrected chi connectivity index (χ3v) is 4.54. The van der Waals surface area contributed by atoms with Crippen molar-refractivity contribution in [2.75, 3.05) is 13.6 Å². The minimum atomic E-state index is -3.62. The molecule has 0 fully saturated rings. The molecule has 0 bridgehead atoms. The van der Waals surface area contributed by atoms with Crippen molar-refractivity contribution in [1.29, 1.82) is 0 Å². The van der Waals surface area contributed by atoms with Crippen molar-refractivity contribution >= 4 is 10.0 Å². The van der Waals surface area contributed by atoms with Gasteiger partial charge in [0.15, 0.2) is 5.03 Å². The van der Waals surface area contributed by atoms with E-state index < -0.39 is 10.0 Å². The number of hydrogen-bond donors (Lipinski definition) is 3. The van der Waals surface area contributed by atoms with Gasteiger partial charge in [-0.15, -0.1) is 0 Å². The Morgan fingerprint density at radius 1 is 1.43 bits per heavy atom. The van der Waals surface area contributed by atoms with E-state index in [1.807, 2.05) is 13.2 Å². The summed E-state index contributed by atoms with van der Waals surface area (Å²) in [6, 6.07) is 0. The van der Waals surface area contributed by atoms with Crippen LogP contribution in [0.25, 0.3) is 0 Å². The second-order valence-corrected chi connectivity index (χ2v) is 6.51. The zero-order valence-electron chi connectivity index (χ0n) is 12.3. The fourth-order valence-electron chi connectivity index (χ4n) is 2.04. The lowest BCUT2D eigenvalue weighted by Crippen LogP contribution is -2.27. The predicted octanol–water partition coefficient (Wildman–Crippen LogP) is -0.308. The average Bonchev–Trinajstić information content (AvgIpc) is 2.98. The molecular weight excluding hydrogens is 292 g/mol.